The molecule has 1 amide bonds. The van der Waals surface area contributed by atoms with Gasteiger partial charge in [-0.15, -0.1) is 0 Å². The molecule has 4 rings (SSSR count). The van der Waals surface area contributed by atoms with Gasteiger partial charge >= 0.3 is 0 Å². The highest BCUT2D eigenvalue weighted by atomic mass is 16.3. The number of hydrogen-bond acceptors (Lipinski definition) is 6. The molecule has 2 saturated heterocycles. The zero-order valence-electron chi connectivity index (χ0n) is 23.0. The number of hydrogen-bond donors (Lipinski definition) is 3. The second kappa shape index (κ2) is 14.6. The number of β-amino-alcohol motifs (C(OH)–C–C–N with tert-alkyl or cyclic N) is 2. The van der Waals surface area contributed by atoms with Crippen LogP contribution in [-0.2, 0) is 4.79 Å². The quantitative estimate of drug-likeness (QED) is 0.482. The number of nitrogens with one attached hydrogen (secondary N) is 1. The lowest BCUT2D eigenvalue weighted by Crippen LogP contribution is -2.40. The zero-order valence-corrected chi connectivity index (χ0v) is 23.0. The summed E-state index contributed by atoms with van der Waals surface area (Å²) in [6, 6.07) is 21.0. The van der Waals surface area contributed by atoms with Crippen LogP contribution in [0.3, 0.4) is 0 Å². The van der Waals surface area contributed by atoms with Crippen molar-refractivity contribution in [3.05, 3.63) is 71.8 Å². The number of likely N-dealkylation sites (tertiary alicyclic amines) is 2. The number of benzene rings is 2. The minimum atomic E-state index is -0.229. The van der Waals surface area contributed by atoms with Crippen LogP contribution in [0.25, 0.3) is 0 Å². The van der Waals surface area contributed by atoms with Gasteiger partial charge < -0.3 is 20.4 Å². The van der Waals surface area contributed by atoms with Crippen molar-refractivity contribution in [2.75, 3.05) is 53.4 Å². The van der Waals surface area contributed by atoms with Crippen LogP contribution < -0.4 is 5.32 Å². The first-order valence-corrected chi connectivity index (χ1v) is 13.6. The highest BCUT2D eigenvalue weighted by Crippen LogP contribution is 2.24. The molecule has 3 N–H and O–H groups in total. The van der Waals surface area contributed by atoms with Crippen molar-refractivity contribution in [3.8, 4) is 0 Å². The van der Waals surface area contributed by atoms with Gasteiger partial charge in [-0.3, -0.25) is 14.6 Å². The zero-order chi connectivity index (χ0) is 26.8. The predicted molar refractivity (Wildman–Crippen MR) is 149 cm³/mol. The summed E-state index contributed by atoms with van der Waals surface area (Å²) in [4.78, 5) is 18.8. The fraction of sp³-hybridized carbons (Fsp3) is 0.567. The van der Waals surface area contributed by atoms with E-state index in [0.717, 1.165) is 51.1 Å². The molecule has 2 aliphatic heterocycles. The molecule has 0 radical (unpaired) electrons. The van der Waals surface area contributed by atoms with E-state index in [2.05, 4.69) is 51.5 Å². The monoisotopic (exact) mass is 510 g/mol. The first kappa shape index (κ1) is 29.3. The molecule has 4 atom stereocenters. The van der Waals surface area contributed by atoms with E-state index in [1.165, 1.54) is 5.56 Å². The summed E-state index contributed by atoms with van der Waals surface area (Å²) in [7, 11) is 3.87. The van der Waals surface area contributed by atoms with Gasteiger partial charge in [0.15, 0.2) is 0 Å². The third-order valence-corrected chi connectivity index (χ3v) is 7.41. The number of aliphatic hydroxyl groups excluding tert-OH is 2. The van der Waals surface area contributed by atoms with Gasteiger partial charge in [0, 0.05) is 58.3 Å². The normalized spacial score (nSPS) is 21.9. The lowest BCUT2D eigenvalue weighted by Gasteiger charge is -2.33. The summed E-state index contributed by atoms with van der Waals surface area (Å²) < 4.78 is 0. The molecule has 0 unspecified atom stereocenters. The first-order chi connectivity index (χ1) is 17.8. The van der Waals surface area contributed by atoms with Crippen molar-refractivity contribution in [2.45, 2.75) is 51.0 Å². The largest absolute Gasteiger partial charge is 0.392 e. The number of rotatable bonds is 9. The van der Waals surface area contributed by atoms with Gasteiger partial charge in [0.25, 0.3) is 0 Å². The molecule has 2 aliphatic rings. The maximum atomic E-state index is 12.4. The molecule has 0 aromatic heterocycles. The summed E-state index contributed by atoms with van der Waals surface area (Å²) in [6.45, 7) is 9.02. The van der Waals surface area contributed by atoms with E-state index in [1.54, 1.807) is 0 Å². The Morgan fingerprint density at radius 1 is 0.892 bits per heavy atom. The van der Waals surface area contributed by atoms with Crippen LogP contribution in [0, 0.1) is 5.92 Å². The number of carbonyl (C=O) groups is 1. The van der Waals surface area contributed by atoms with Gasteiger partial charge in [-0.2, -0.15) is 0 Å². The molecule has 37 heavy (non-hydrogen) atoms. The van der Waals surface area contributed by atoms with E-state index in [9.17, 15) is 15.0 Å². The maximum Gasteiger partial charge on any atom is 0.225 e. The second-order valence-electron chi connectivity index (χ2n) is 10.7. The minimum absolute atomic E-state index is 0.00891. The Kier molecular flexibility index (Phi) is 11.5. The molecule has 0 saturated carbocycles. The van der Waals surface area contributed by atoms with Crippen molar-refractivity contribution in [2.24, 2.45) is 5.92 Å². The standard InChI is InChI=1S/C17H26N2O2.C13H20N2O/c1-13(2)17(21)18(3)16(14-7-5-4-6-8-14)12-19-10-9-15(20)11-19;1-14-13(11-5-3-2-4-6-11)10-15-8-7-12(16)9-15/h4-8,13,15-16,20H,9-12H2,1-3H3;2-6,12-14,16H,7-10H2,1H3/t15-,16+;12-,13+/m00/s1. The smallest absolute Gasteiger partial charge is 0.225 e. The van der Waals surface area contributed by atoms with Gasteiger partial charge in [0.2, 0.25) is 5.91 Å². The summed E-state index contributed by atoms with van der Waals surface area (Å²) in [5.41, 5.74) is 2.46. The van der Waals surface area contributed by atoms with E-state index >= 15 is 0 Å². The molecule has 0 aliphatic carbocycles. The molecule has 2 fully saturated rings. The van der Waals surface area contributed by atoms with Gasteiger partial charge in [-0.25, -0.2) is 0 Å². The SMILES string of the molecule is CC(C)C(=O)N(C)[C@H](CN1CC[C@H](O)C1)c1ccccc1.CN[C@H](CN1CC[C@H](O)C1)c1ccccc1. The average Bonchev–Trinajstić information content (AvgIpc) is 3.53. The Morgan fingerprint density at radius 3 is 1.81 bits per heavy atom. The van der Waals surface area contributed by atoms with Crippen molar-refractivity contribution < 1.29 is 15.0 Å². The number of amides is 1. The molecule has 7 heteroatoms. The third kappa shape index (κ3) is 8.90. The molecule has 0 bridgehead atoms. The Bertz CT molecular complexity index is 927. The summed E-state index contributed by atoms with van der Waals surface area (Å²) in [5.74, 6) is 0.147. The second-order valence-corrected chi connectivity index (χ2v) is 10.7. The van der Waals surface area contributed by atoms with Crippen molar-refractivity contribution in [3.63, 3.8) is 0 Å². The molecule has 2 heterocycles. The van der Waals surface area contributed by atoms with E-state index in [-0.39, 0.29) is 30.1 Å². The highest BCUT2D eigenvalue weighted by Gasteiger charge is 2.28. The Morgan fingerprint density at radius 2 is 1.38 bits per heavy atom. The van der Waals surface area contributed by atoms with Crippen LogP contribution in [0.5, 0.6) is 0 Å². The summed E-state index contributed by atoms with van der Waals surface area (Å²) in [5, 5.41) is 22.5. The van der Waals surface area contributed by atoms with E-state index < -0.39 is 0 Å². The Labute approximate surface area is 223 Å². The molecular formula is C30H46N4O3. The van der Waals surface area contributed by atoms with Crippen LogP contribution >= 0.6 is 0 Å². The van der Waals surface area contributed by atoms with E-state index in [4.69, 9.17) is 0 Å². The lowest BCUT2D eigenvalue weighted by atomic mass is 10.0. The number of aliphatic hydroxyl groups is 2. The van der Waals surface area contributed by atoms with Crippen LogP contribution in [-0.4, -0.2) is 96.4 Å². The predicted octanol–water partition coefficient (Wildman–Crippen LogP) is 2.92. The number of likely N-dealkylation sites (N-methyl/N-ethyl adjacent to an activating group) is 2. The van der Waals surface area contributed by atoms with Crippen LogP contribution in [0.4, 0.5) is 0 Å². The molecule has 2 aromatic rings. The van der Waals surface area contributed by atoms with Crippen molar-refractivity contribution >= 4 is 5.91 Å². The van der Waals surface area contributed by atoms with Crippen LogP contribution in [0.2, 0.25) is 0 Å². The number of carbonyl (C=O) groups excluding carboxylic acids is 1. The fourth-order valence-electron chi connectivity index (χ4n) is 5.20. The first-order valence-electron chi connectivity index (χ1n) is 13.6. The highest BCUT2D eigenvalue weighted by molar-refractivity contribution is 5.78. The van der Waals surface area contributed by atoms with Gasteiger partial charge in [-0.1, -0.05) is 74.5 Å². The third-order valence-electron chi connectivity index (χ3n) is 7.41. The average molecular weight is 511 g/mol. The fourth-order valence-corrected chi connectivity index (χ4v) is 5.20. The van der Waals surface area contributed by atoms with Crippen LogP contribution in [0.1, 0.15) is 49.9 Å². The number of nitrogens with zero attached hydrogens (tertiary/aromatic N) is 3. The van der Waals surface area contributed by atoms with E-state index in [0.29, 0.717) is 12.6 Å². The molecule has 2 aromatic carbocycles. The van der Waals surface area contributed by atoms with Gasteiger partial charge in [0.1, 0.15) is 0 Å². The summed E-state index contributed by atoms with van der Waals surface area (Å²) in [6.07, 6.45) is 1.37. The molecule has 0 spiro atoms. The minimum Gasteiger partial charge on any atom is -0.392 e. The summed E-state index contributed by atoms with van der Waals surface area (Å²) >= 11 is 0. The Hall–Kier alpha value is -2.29. The Balaban J connectivity index is 0.000000213. The maximum absolute atomic E-state index is 12.4. The van der Waals surface area contributed by atoms with Crippen LogP contribution in [0.15, 0.2) is 60.7 Å². The lowest BCUT2D eigenvalue weighted by molar-refractivity contribution is -0.135. The molecule has 7 nitrogen and oxygen atoms in total. The molecule has 204 valence electrons. The van der Waals surface area contributed by atoms with Gasteiger partial charge in [-0.05, 0) is 31.0 Å². The van der Waals surface area contributed by atoms with Gasteiger partial charge in [0.05, 0.1) is 18.2 Å². The van der Waals surface area contributed by atoms with Crippen molar-refractivity contribution in [1.82, 2.24) is 20.0 Å². The topological polar surface area (TPSA) is 79.3 Å². The van der Waals surface area contributed by atoms with Crippen molar-refractivity contribution in [1.29, 1.82) is 0 Å². The molecular weight excluding hydrogens is 464 g/mol. The van der Waals surface area contributed by atoms with E-state index in [1.807, 2.05) is 57.1 Å².